The molecule has 1 rings (SSSR count). The smallest absolute Gasteiger partial charge is 0.317 e. The summed E-state index contributed by atoms with van der Waals surface area (Å²) in [6.45, 7) is 8.25. The topological polar surface area (TPSA) is 68.3 Å². The fraction of sp³-hybridized carbons (Fsp3) is 0.692. The molecule has 2 unspecified atom stereocenters. The minimum Gasteiger partial charge on any atom is -0.465 e. The molecule has 0 fully saturated rings. The van der Waals surface area contributed by atoms with E-state index in [1.54, 1.807) is 27.0 Å². The van der Waals surface area contributed by atoms with Crippen LogP contribution in [0.3, 0.4) is 0 Å². The predicted octanol–water partition coefficient (Wildman–Crippen LogP) is 2.16. The first kappa shape index (κ1) is 17.1. The van der Waals surface area contributed by atoms with Crippen molar-refractivity contribution in [1.82, 2.24) is 4.98 Å². The lowest BCUT2D eigenvalue weighted by Gasteiger charge is -2.19. The maximum atomic E-state index is 11.9. The molecular weight excluding hydrogens is 296 g/mol. The maximum Gasteiger partial charge on any atom is 0.317 e. The van der Waals surface area contributed by atoms with Crippen LogP contribution in [0.2, 0.25) is 0 Å². The van der Waals surface area contributed by atoms with Crippen molar-refractivity contribution >= 4 is 33.2 Å². The molecule has 1 aromatic heterocycles. The maximum absolute atomic E-state index is 11.9. The molecule has 114 valence electrons. The highest BCUT2D eigenvalue weighted by molar-refractivity contribution is 7.84. The molecule has 5 nitrogen and oxygen atoms in total. The fourth-order valence-corrected chi connectivity index (χ4v) is 2.61. The summed E-state index contributed by atoms with van der Waals surface area (Å²) in [6, 6.07) is 0. The van der Waals surface area contributed by atoms with Gasteiger partial charge in [-0.2, -0.15) is 0 Å². The highest BCUT2D eigenvalue weighted by Gasteiger charge is 2.33. The van der Waals surface area contributed by atoms with Crippen LogP contribution in [0.1, 0.15) is 33.4 Å². The minimum atomic E-state index is -0.864. The Bertz CT molecular complexity index is 486. The number of hydrogen-bond donors (Lipinski definition) is 1. The van der Waals surface area contributed by atoms with Crippen LogP contribution < -0.4 is 5.32 Å². The zero-order chi connectivity index (χ0) is 15.3. The first-order chi connectivity index (χ1) is 9.28. The molecule has 0 aliphatic rings. The van der Waals surface area contributed by atoms with Gasteiger partial charge in [0.05, 0.1) is 12.3 Å². The van der Waals surface area contributed by atoms with Crippen molar-refractivity contribution in [3.05, 3.63) is 11.1 Å². The average molecular weight is 318 g/mol. The summed E-state index contributed by atoms with van der Waals surface area (Å²) in [6.07, 6.45) is 1.68. The van der Waals surface area contributed by atoms with Gasteiger partial charge in [-0.1, -0.05) is 0 Å². The number of nitrogens with zero attached hydrogens (tertiary/aromatic N) is 1. The molecule has 0 aromatic carbocycles. The van der Waals surface area contributed by atoms with Gasteiger partial charge in [0.2, 0.25) is 0 Å². The van der Waals surface area contributed by atoms with Gasteiger partial charge >= 0.3 is 5.97 Å². The number of carbonyl (C=O) groups is 1. The molecule has 0 bridgehead atoms. The Morgan fingerprint density at radius 1 is 1.60 bits per heavy atom. The lowest BCUT2D eigenvalue weighted by atomic mass is 9.90. The van der Waals surface area contributed by atoms with Crippen molar-refractivity contribution < 1.29 is 13.7 Å². The van der Waals surface area contributed by atoms with Crippen molar-refractivity contribution in [2.75, 3.05) is 24.7 Å². The molecule has 0 saturated carbocycles. The third kappa shape index (κ3) is 4.28. The molecule has 0 amide bonds. The van der Waals surface area contributed by atoms with Gasteiger partial charge in [-0.25, -0.2) is 4.98 Å². The number of esters is 1. The van der Waals surface area contributed by atoms with Crippen molar-refractivity contribution in [3.63, 3.8) is 0 Å². The first-order valence-corrected chi connectivity index (χ1v) is 8.98. The van der Waals surface area contributed by atoms with E-state index in [0.29, 0.717) is 18.8 Å². The minimum absolute atomic E-state index is 0.0559. The monoisotopic (exact) mass is 318 g/mol. The molecule has 0 spiro atoms. The number of anilines is 1. The van der Waals surface area contributed by atoms with Gasteiger partial charge in [-0.3, -0.25) is 9.00 Å². The molecule has 1 aromatic rings. The van der Waals surface area contributed by atoms with E-state index in [0.717, 1.165) is 5.13 Å². The van der Waals surface area contributed by atoms with E-state index >= 15 is 0 Å². The van der Waals surface area contributed by atoms with E-state index in [1.807, 2.05) is 12.3 Å². The summed E-state index contributed by atoms with van der Waals surface area (Å²) in [7, 11) is -0.864. The second kappa shape index (κ2) is 7.17. The van der Waals surface area contributed by atoms with E-state index in [4.69, 9.17) is 4.74 Å². The Hall–Kier alpha value is -0.950. The van der Waals surface area contributed by atoms with Gasteiger partial charge < -0.3 is 10.1 Å². The van der Waals surface area contributed by atoms with Crippen LogP contribution >= 0.6 is 11.3 Å². The Labute approximate surface area is 126 Å². The van der Waals surface area contributed by atoms with Crippen LogP contribution in [0.5, 0.6) is 0 Å². The van der Waals surface area contributed by atoms with Gasteiger partial charge in [-0.05, 0) is 27.7 Å². The van der Waals surface area contributed by atoms with Gasteiger partial charge in [-0.15, -0.1) is 11.3 Å². The Morgan fingerprint density at radius 2 is 2.25 bits per heavy atom. The third-order valence-corrected chi connectivity index (χ3v) is 5.14. The molecule has 0 radical (unpaired) electrons. The van der Waals surface area contributed by atoms with Crippen molar-refractivity contribution in [3.8, 4) is 0 Å². The Morgan fingerprint density at radius 3 is 2.80 bits per heavy atom. The van der Waals surface area contributed by atoms with Crippen LogP contribution in [0.15, 0.2) is 5.38 Å². The van der Waals surface area contributed by atoms with E-state index < -0.39 is 16.2 Å². The molecule has 0 aliphatic carbocycles. The molecule has 1 heterocycles. The highest BCUT2D eigenvalue weighted by Crippen LogP contribution is 2.28. The highest BCUT2D eigenvalue weighted by atomic mass is 32.2. The number of rotatable bonds is 7. The van der Waals surface area contributed by atoms with Gasteiger partial charge in [0.25, 0.3) is 0 Å². The average Bonchev–Trinajstić information content (AvgIpc) is 2.85. The third-order valence-electron chi connectivity index (χ3n) is 3.04. The lowest BCUT2D eigenvalue weighted by Crippen LogP contribution is -2.31. The number of hydrogen-bond acceptors (Lipinski definition) is 6. The van der Waals surface area contributed by atoms with Crippen molar-refractivity contribution in [2.45, 2.75) is 38.4 Å². The summed E-state index contributed by atoms with van der Waals surface area (Å²) in [5.74, 6) is -0.278. The van der Waals surface area contributed by atoms with Crippen LogP contribution in [-0.4, -0.2) is 39.8 Å². The first-order valence-electron chi connectivity index (χ1n) is 6.48. The Balaban J connectivity index is 2.71. The number of aromatic nitrogens is 1. The summed E-state index contributed by atoms with van der Waals surface area (Å²) >= 11 is 1.44. The lowest BCUT2D eigenvalue weighted by molar-refractivity contribution is -0.148. The van der Waals surface area contributed by atoms with E-state index in [-0.39, 0.29) is 11.2 Å². The van der Waals surface area contributed by atoms with Gasteiger partial charge in [0, 0.05) is 34.2 Å². The van der Waals surface area contributed by atoms with Crippen molar-refractivity contribution in [2.24, 2.45) is 0 Å². The summed E-state index contributed by atoms with van der Waals surface area (Å²) in [5.41, 5.74) is -0.0697. The van der Waals surface area contributed by atoms with E-state index in [2.05, 4.69) is 10.3 Å². The molecule has 2 atom stereocenters. The molecular formula is C13H22N2O3S2. The second-order valence-corrected chi connectivity index (χ2v) is 7.73. The second-order valence-electron chi connectivity index (χ2n) is 5.07. The quantitative estimate of drug-likeness (QED) is 0.780. The molecule has 1 N–H and O–H groups in total. The normalized spacial score (nSPS) is 14.7. The number of thiazole rings is 1. The van der Waals surface area contributed by atoms with Crippen molar-refractivity contribution in [1.29, 1.82) is 0 Å². The fourth-order valence-electron chi connectivity index (χ4n) is 1.41. The van der Waals surface area contributed by atoms with Crippen LogP contribution in [0, 0.1) is 0 Å². The largest absolute Gasteiger partial charge is 0.465 e. The van der Waals surface area contributed by atoms with Crippen LogP contribution in [-0.2, 0) is 25.7 Å². The number of carbonyl (C=O) groups excluding carboxylic acids is 1. The van der Waals surface area contributed by atoms with E-state index in [9.17, 15) is 9.00 Å². The number of nitrogens with one attached hydrogen (secondary N) is 1. The SMILES string of the molecule is CCOC(=O)C(C)(C)c1csc(NCC(C)S(C)=O)n1. The molecule has 0 aliphatic heterocycles. The van der Waals surface area contributed by atoms with E-state index in [1.165, 1.54) is 11.3 Å². The Kier molecular flexibility index (Phi) is 6.13. The number of ether oxygens (including phenoxy) is 1. The summed E-state index contributed by atoms with van der Waals surface area (Å²) in [4.78, 5) is 16.3. The van der Waals surface area contributed by atoms with Crippen LogP contribution in [0.4, 0.5) is 5.13 Å². The molecule has 20 heavy (non-hydrogen) atoms. The zero-order valence-corrected chi connectivity index (χ0v) is 14.2. The zero-order valence-electron chi connectivity index (χ0n) is 12.6. The summed E-state index contributed by atoms with van der Waals surface area (Å²) in [5, 5.41) is 5.79. The van der Waals surface area contributed by atoms with Crippen LogP contribution in [0.25, 0.3) is 0 Å². The molecule has 7 heteroatoms. The van der Waals surface area contributed by atoms with Gasteiger partial charge in [0.1, 0.15) is 5.41 Å². The van der Waals surface area contributed by atoms with Gasteiger partial charge in [0.15, 0.2) is 5.13 Å². The summed E-state index contributed by atoms with van der Waals surface area (Å²) < 4.78 is 16.3. The molecule has 0 saturated heterocycles. The predicted molar refractivity (Wildman–Crippen MR) is 83.8 cm³/mol. The standard InChI is InChI=1S/C13H22N2O3S2/c1-6-18-11(16)13(3,4)10-8-19-12(15-10)14-7-9(2)20(5)17/h8-9H,6-7H2,1-5H3,(H,14,15).